The molecular weight excluding hydrogens is 648 g/mol. The van der Waals surface area contributed by atoms with Gasteiger partial charge >= 0.3 is 286 Å². The van der Waals surface area contributed by atoms with Gasteiger partial charge in [0.1, 0.15) is 0 Å². The van der Waals surface area contributed by atoms with Crippen molar-refractivity contribution in [2.75, 3.05) is 52.9 Å². The van der Waals surface area contributed by atoms with Gasteiger partial charge in [0, 0.05) is 0 Å². The van der Waals surface area contributed by atoms with Crippen molar-refractivity contribution in [1.82, 2.24) is 0 Å². The van der Waals surface area contributed by atoms with E-state index in [4.69, 9.17) is 39.2 Å². The van der Waals surface area contributed by atoms with Crippen LogP contribution in [0.3, 0.4) is 0 Å². The van der Waals surface area contributed by atoms with Crippen LogP contribution in [0.15, 0.2) is 0 Å². The van der Waals surface area contributed by atoms with E-state index in [9.17, 15) is 0 Å². The quantitative estimate of drug-likeness (QED) is 0.0474. The van der Waals surface area contributed by atoms with E-state index in [0.29, 0.717) is 52.9 Å². The molecule has 0 spiro atoms. The standard InChI is InChI=1S/2C12H27O4Si.2C4H9O.Ti/c2*1-4-7-10-14-17(13,15-11-8-5-2)16-12-9-6-3;2*1-4(2)3-5;/h2*4-12H2,1-3H3;2*4H,3H2,1-2H3;/q4*-1;+4. The zero-order valence-corrected chi connectivity index (χ0v) is 34.4. The van der Waals surface area contributed by atoms with Crippen LogP contribution in [0.2, 0.25) is 0 Å². The predicted octanol–water partition coefficient (Wildman–Crippen LogP) is 8.95. The Morgan fingerprint density at radius 1 is 0.400 bits per heavy atom. The van der Waals surface area contributed by atoms with Crippen LogP contribution in [0.5, 0.6) is 0 Å². The number of hydrogen-bond donors (Lipinski definition) is 0. The van der Waals surface area contributed by atoms with Crippen LogP contribution in [-0.2, 0) is 57.3 Å². The Bertz CT molecular complexity index is 556. The first kappa shape index (κ1) is 45.7. The Hall–Kier alpha value is 0.748. The molecule has 0 unspecified atom stereocenters. The van der Waals surface area contributed by atoms with E-state index in [1.807, 2.05) is 0 Å². The van der Waals surface area contributed by atoms with E-state index < -0.39 is 36.2 Å². The van der Waals surface area contributed by atoms with E-state index in [1.54, 1.807) is 0 Å². The Kier molecular flexibility index (Phi) is 29.0. The van der Waals surface area contributed by atoms with Crippen molar-refractivity contribution in [2.45, 2.75) is 146 Å². The molecule has 0 bridgehead atoms. The molecule has 0 amide bonds. The van der Waals surface area contributed by atoms with Crippen molar-refractivity contribution in [1.29, 1.82) is 0 Å². The second-order valence-electron chi connectivity index (χ2n) is 12.3. The van der Waals surface area contributed by atoms with Gasteiger partial charge in [-0.05, 0) is 0 Å². The second kappa shape index (κ2) is 28.6. The van der Waals surface area contributed by atoms with E-state index >= 15 is 0 Å². The fourth-order valence-corrected chi connectivity index (χ4v) is 15.8. The van der Waals surface area contributed by atoms with Crippen LogP contribution in [0, 0.1) is 11.8 Å². The monoisotopic (exact) mass is 720 g/mol. The fourth-order valence-electron chi connectivity index (χ4n) is 3.50. The molecule has 0 aliphatic rings. The molecule has 0 radical (unpaired) electrons. The molecular formula is C32H72O10Si2Ti. The molecule has 0 aliphatic heterocycles. The minimum atomic E-state index is -4.90. The molecule has 45 heavy (non-hydrogen) atoms. The van der Waals surface area contributed by atoms with Gasteiger partial charge in [-0.1, -0.05) is 0 Å². The molecule has 0 heterocycles. The summed E-state index contributed by atoms with van der Waals surface area (Å²) in [5.41, 5.74) is 0. The van der Waals surface area contributed by atoms with Gasteiger partial charge in [-0.2, -0.15) is 0 Å². The van der Waals surface area contributed by atoms with Gasteiger partial charge in [-0.3, -0.25) is 0 Å². The number of unbranched alkanes of at least 4 members (excludes halogenated alkanes) is 6. The first-order valence-corrected chi connectivity index (χ1v) is 23.9. The summed E-state index contributed by atoms with van der Waals surface area (Å²) in [5, 5.41) is 0. The van der Waals surface area contributed by atoms with Crippen molar-refractivity contribution in [2.24, 2.45) is 11.8 Å². The van der Waals surface area contributed by atoms with Crippen molar-refractivity contribution in [3.05, 3.63) is 0 Å². The van der Waals surface area contributed by atoms with Gasteiger partial charge in [0.05, 0.1) is 0 Å². The molecule has 0 rings (SSSR count). The van der Waals surface area contributed by atoms with E-state index in [2.05, 4.69) is 69.2 Å². The first-order valence-electron chi connectivity index (χ1n) is 18.1. The van der Waals surface area contributed by atoms with Crippen LogP contribution < -0.4 is 0 Å². The molecule has 0 saturated carbocycles. The zero-order chi connectivity index (χ0) is 33.9. The van der Waals surface area contributed by atoms with Gasteiger partial charge in [0.15, 0.2) is 0 Å². The summed E-state index contributed by atoms with van der Waals surface area (Å²) in [7, 11) is -7.67. The molecule has 0 aromatic carbocycles. The van der Waals surface area contributed by atoms with Crippen LogP contribution in [-0.4, -0.2) is 71.0 Å². The van der Waals surface area contributed by atoms with E-state index in [-0.39, 0.29) is 11.8 Å². The normalized spacial score (nSPS) is 13.1. The Labute approximate surface area is 285 Å². The third kappa shape index (κ3) is 22.2. The minimum absolute atomic E-state index is 0.183. The average molecular weight is 721 g/mol. The van der Waals surface area contributed by atoms with Crippen molar-refractivity contribution in [3.63, 3.8) is 0 Å². The van der Waals surface area contributed by atoms with Gasteiger partial charge in [-0.15, -0.1) is 0 Å². The van der Waals surface area contributed by atoms with Crippen LogP contribution in [0.1, 0.15) is 146 Å². The molecule has 272 valence electrons. The average Bonchev–Trinajstić information content (AvgIpc) is 3.00. The van der Waals surface area contributed by atoms with Crippen LogP contribution in [0.4, 0.5) is 0 Å². The van der Waals surface area contributed by atoms with Crippen LogP contribution >= 0.6 is 0 Å². The zero-order valence-electron chi connectivity index (χ0n) is 30.9. The van der Waals surface area contributed by atoms with Crippen LogP contribution in [0.25, 0.3) is 0 Å². The molecule has 13 heteroatoms. The maximum absolute atomic E-state index is 7.03. The molecule has 0 N–H and O–H groups in total. The van der Waals surface area contributed by atoms with Crippen molar-refractivity contribution < 1.29 is 57.3 Å². The molecule has 0 aromatic rings. The molecule has 0 aliphatic carbocycles. The third-order valence-electron chi connectivity index (χ3n) is 6.35. The van der Waals surface area contributed by atoms with Crippen molar-refractivity contribution in [3.8, 4) is 0 Å². The van der Waals surface area contributed by atoms with E-state index in [0.717, 1.165) is 77.0 Å². The van der Waals surface area contributed by atoms with Gasteiger partial charge in [-0.25, -0.2) is 0 Å². The summed E-state index contributed by atoms with van der Waals surface area (Å²) < 4.78 is 66.5. The Morgan fingerprint density at radius 2 is 0.622 bits per heavy atom. The van der Waals surface area contributed by atoms with Gasteiger partial charge in [0.25, 0.3) is 0 Å². The molecule has 0 fully saturated rings. The summed E-state index contributed by atoms with van der Waals surface area (Å²) >= 11 is -4.90. The van der Waals surface area contributed by atoms with E-state index in [1.165, 1.54) is 0 Å². The molecule has 0 atom stereocenters. The van der Waals surface area contributed by atoms with Gasteiger partial charge in [0.2, 0.25) is 0 Å². The third-order valence-corrected chi connectivity index (χ3v) is 17.0. The number of rotatable bonds is 34. The first-order chi connectivity index (χ1) is 21.6. The molecule has 10 nitrogen and oxygen atoms in total. The van der Waals surface area contributed by atoms with Crippen molar-refractivity contribution >= 4 is 18.1 Å². The number of hydrogen-bond acceptors (Lipinski definition) is 10. The summed E-state index contributed by atoms with van der Waals surface area (Å²) in [5.74, 6) is 0.367. The summed E-state index contributed by atoms with van der Waals surface area (Å²) in [6.45, 7) is 24.4. The maximum atomic E-state index is 7.03. The topological polar surface area (TPSA) is 92.3 Å². The fraction of sp³-hybridized carbons (Fsp3) is 1.00. The summed E-state index contributed by atoms with van der Waals surface area (Å²) in [6, 6.07) is 0. The molecule has 0 saturated heterocycles. The molecule has 0 aromatic heterocycles. The summed E-state index contributed by atoms with van der Waals surface area (Å²) in [4.78, 5) is 0. The predicted molar refractivity (Wildman–Crippen MR) is 180 cm³/mol. The van der Waals surface area contributed by atoms with Gasteiger partial charge < -0.3 is 0 Å². The Balaban J connectivity index is 7.13. The Morgan fingerprint density at radius 3 is 0.800 bits per heavy atom. The summed E-state index contributed by atoms with van der Waals surface area (Å²) in [6.07, 6.45) is 10.8. The SMILES string of the molecule is CCCCO[Si](OCCCC)(OCCCC)[O][Ti]([O]CC(C)C)([O]CC(C)C)[O][Si](OCCCC)(OCCCC)OCCCC. The second-order valence-corrected chi connectivity index (χ2v) is 20.8.